The zero-order valence-corrected chi connectivity index (χ0v) is 10.3. The van der Waals surface area contributed by atoms with Crippen LogP contribution in [0.25, 0.3) is 5.57 Å². The van der Waals surface area contributed by atoms with E-state index in [0.29, 0.717) is 6.42 Å². The first kappa shape index (κ1) is 13.3. The van der Waals surface area contributed by atoms with Crippen molar-refractivity contribution in [2.24, 2.45) is 0 Å². The third-order valence-electron chi connectivity index (χ3n) is 2.59. The molecule has 0 heterocycles. The van der Waals surface area contributed by atoms with Crippen LogP contribution in [0.1, 0.15) is 31.7 Å². The molecule has 92 valence electrons. The van der Waals surface area contributed by atoms with E-state index in [0.717, 1.165) is 23.3 Å². The fourth-order valence-electron chi connectivity index (χ4n) is 1.54. The summed E-state index contributed by atoms with van der Waals surface area (Å²) in [6, 6.07) is 7.84. The maximum Gasteiger partial charge on any atom is 0.303 e. The number of methoxy groups -OCH3 is 1. The molecule has 0 aliphatic carbocycles. The largest absolute Gasteiger partial charge is 0.497 e. The number of allylic oxidation sites excluding steroid dienone is 2. The number of benzene rings is 1. The lowest BCUT2D eigenvalue weighted by atomic mass is 10.1. The zero-order valence-electron chi connectivity index (χ0n) is 10.3. The lowest BCUT2D eigenvalue weighted by molar-refractivity contribution is -0.137. The number of aliphatic carboxylic acids is 1. The van der Waals surface area contributed by atoms with Crippen LogP contribution in [0.5, 0.6) is 5.75 Å². The minimum Gasteiger partial charge on any atom is -0.497 e. The summed E-state index contributed by atoms with van der Waals surface area (Å²) >= 11 is 0. The van der Waals surface area contributed by atoms with Crippen molar-refractivity contribution in [3.63, 3.8) is 0 Å². The summed E-state index contributed by atoms with van der Waals surface area (Å²) in [6.07, 6.45) is 3.78. The van der Waals surface area contributed by atoms with Gasteiger partial charge in [0.2, 0.25) is 0 Å². The molecule has 3 nitrogen and oxygen atoms in total. The number of carboxylic acids is 1. The highest BCUT2D eigenvalue weighted by Crippen LogP contribution is 2.18. The molecule has 0 atom stereocenters. The van der Waals surface area contributed by atoms with Gasteiger partial charge < -0.3 is 9.84 Å². The summed E-state index contributed by atoms with van der Waals surface area (Å²) in [5.41, 5.74) is 2.30. The highest BCUT2D eigenvalue weighted by Gasteiger charge is 1.98. The first-order chi connectivity index (χ1) is 8.13. The van der Waals surface area contributed by atoms with Gasteiger partial charge in [-0.15, -0.1) is 0 Å². The SMILES string of the molecule is COc1ccc(/C(C)=C/CCCC(=O)O)cc1. The van der Waals surface area contributed by atoms with Crippen molar-refractivity contribution in [1.82, 2.24) is 0 Å². The van der Waals surface area contributed by atoms with Crippen LogP contribution in [-0.4, -0.2) is 18.2 Å². The van der Waals surface area contributed by atoms with Gasteiger partial charge in [-0.1, -0.05) is 18.2 Å². The Labute approximate surface area is 102 Å². The Balaban J connectivity index is 2.52. The molecule has 0 aliphatic rings. The number of unbranched alkanes of at least 4 members (excludes halogenated alkanes) is 1. The van der Waals surface area contributed by atoms with Crippen molar-refractivity contribution in [3.8, 4) is 5.75 Å². The van der Waals surface area contributed by atoms with Crippen molar-refractivity contribution in [3.05, 3.63) is 35.9 Å². The van der Waals surface area contributed by atoms with Crippen LogP contribution in [0.3, 0.4) is 0 Å². The fourth-order valence-corrected chi connectivity index (χ4v) is 1.54. The molecule has 0 fully saturated rings. The van der Waals surface area contributed by atoms with Gasteiger partial charge in [0.1, 0.15) is 5.75 Å². The van der Waals surface area contributed by atoms with Crippen molar-refractivity contribution in [1.29, 1.82) is 0 Å². The molecule has 17 heavy (non-hydrogen) atoms. The molecule has 1 aromatic carbocycles. The topological polar surface area (TPSA) is 46.5 Å². The van der Waals surface area contributed by atoms with Gasteiger partial charge in [-0.3, -0.25) is 4.79 Å². The fraction of sp³-hybridized carbons (Fsp3) is 0.357. The summed E-state index contributed by atoms with van der Waals surface area (Å²) in [5.74, 6) is 0.105. The molecule has 1 rings (SSSR count). The van der Waals surface area contributed by atoms with Crippen LogP contribution < -0.4 is 4.74 Å². The van der Waals surface area contributed by atoms with E-state index < -0.39 is 5.97 Å². The molecule has 0 spiro atoms. The molecule has 0 saturated carbocycles. The van der Waals surface area contributed by atoms with E-state index in [1.54, 1.807) is 7.11 Å². The predicted molar refractivity (Wildman–Crippen MR) is 68.1 cm³/mol. The maximum absolute atomic E-state index is 10.3. The van der Waals surface area contributed by atoms with Crippen molar-refractivity contribution in [2.45, 2.75) is 26.2 Å². The van der Waals surface area contributed by atoms with E-state index in [2.05, 4.69) is 6.08 Å². The van der Waals surface area contributed by atoms with Gasteiger partial charge in [-0.05, 0) is 43.0 Å². The minimum atomic E-state index is -0.736. The highest BCUT2D eigenvalue weighted by molar-refractivity contribution is 5.67. The number of carbonyl (C=O) groups is 1. The first-order valence-electron chi connectivity index (χ1n) is 5.66. The highest BCUT2D eigenvalue weighted by atomic mass is 16.5. The first-order valence-corrected chi connectivity index (χ1v) is 5.66. The number of hydrogen-bond donors (Lipinski definition) is 1. The van der Waals surface area contributed by atoms with Crippen molar-refractivity contribution in [2.75, 3.05) is 7.11 Å². The lowest BCUT2D eigenvalue weighted by Crippen LogP contribution is -1.92. The average Bonchev–Trinajstić information content (AvgIpc) is 2.34. The summed E-state index contributed by atoms with van der Waals surface area (Å²) in [5, 5.41) is 8.52. The van der Waals surface area contributed by atoms with Crippen LogP contribution in [-0.2, 0) is 4.79 Å². The van der Waals surface area contributed by atoms with E-state index >= 15 is 0 Å². The smallest absolute Gasteiger partial charge is 0.303 e. The standard InChI is InChI=1S/C14H18O3/c1-11(5-3-4-6-14(15)16)12-7-9-13(17-2)10-8-12/h5,7-10H,3-4,6H2,1-2H3,(H,15,16)/b11-5+. The van der Waals surface area contributed by atoms with Crippen LogP contribution in [0.15, 0.2) is 30.3 Å². The Hall–Kier alpha value is -1.77. The van der Waals surface area contributed by atoms with E-state index in [1.807, 2.05) is 31.2 Å². The maximum atomic E-state index is 10.3. The molecule has 1 aromatic rings. The quantitative estimate of drug-likeness (QED) is 0.768. The van der Waals surface area contributed by atoms with Crippen LogP contribution >= 0.6 is 0 Å². The van der Waals surface area contributed by atoms with Gasteiger partial charge in [0.15, 0.2) is 0 Å². The van der Waals surface area contributed by atoms with Gasteiger partial charge >= 0.3 is 5.97 Å². The summed E-state index contributed by atoms with van der Waals surface area (Å²) in [6.45, 7) is 2.03. The van der Waals surface area contributed by atoms with Crippen molar-refractivity contribution < 1.29 is 14.6 Å². The molecular formula is C14H18O3. The summed E-state index contributed by atoms with van der Waals surface area (Å²) in [7, 11) is 1.64. The molecule has 0 aliphatic heterocycles. The third-order valence-corrected chi connectivity index (χ3v) is 2.59. The Morgan fingerprint density at radius 2 is 2.00 bits per heavy atom. The van der Waals surface area contributed by atoms with E-state index in [-0.39, 0.29) is 6.42 Å². The second kappa shape index (κ2) is 6.74. The van der Waals surface area contributed by atoms with Crippen LogP contribution in [0.2, 0.25) is 0 Å². The lowest BCUT2D eigenvalue weighted by Gasteiger charge is -2.03. The monoisotopic (exact) mass is 234 g/mol. The molecule has 0 unspecified atom stereocenters. The van der Waals surface area contributed by atoms with E-state index in [4.69, 9.17) is 9.84 Å². The van der Waals surface area contributed by atoms with Gasteiger partial charge in [0.05, 0.1) is 7.11 Å². The van der Waals surface area contributed by atoms with Gasteiger partial charge in [-0.2, -0.15) is 0 Å². The second-order valence-corrected chi connectivity index (χ2v) is 3.90. The summed E-state index contributed by atoms with van der Waals surface area (Å²) in [4.78, 5) is 10.3. The van der Waals surface area contributed by atoms with E-state index in [1.165, 1.54) is 0 Å². The van der Waals surface area contributed by atoms with Crippen LogP contribution in [0.4, 0.5) is 0 Å². The van der Waals surface area contributed by atoms with Gasteiger partial charge in [-0.25, -0.2) is 0 Å². The van der Waals surface area contributed by atoms with Gasteiger partial charge in [0.25, 0.3) is 0 Å². The Bertz CT molecular complexity index is 390. The zero-order chi connectivity index (χ0) is 12.7. The number of hydrogen-bond acceptors (Lipinski definition) is 2. The molecule has 0 radical (unpaired) electrons. The Kier molecular flexibility index (Phi) is 5.27. The molecule has 0 amide bonds. The third kappa shape index (κ3) is 4.72. The molecule has 1 N–H and O–H groups in total. The number of ether oxygens (including phenoxy) is 1. The van der Waals surface area contributed by atoms with Crippen LogP contribution in [0, 0.1) is 0 Å². The predicted octanol–water partition coefficient (Wildman–Crippen LogP) is 3.35. The average molecular weight is 234 g/mol. The molecule has 3 heteroatoms. The molecule has 0 aromatic heterocycles. The number of rotatable bonds is 6. The molecule has 0 saturated heterocycles. The van der Waals surface area contributed by atoms with E-state index in [9.17, 15) is 4.79 Å². The number of carboxylic acid groups (broad SMARTS) is 1. The molecular weight excluding hydrogens is 216 g/mol. The van der Waals surface area contributed by atoms with Crippen molar-refractivity contribution >= 4 is 11.5 Å². The Morgan fingerprint density at radius 3 is 2.53 bits per heavy atom. The minimum absolute atomic E-state index is 0.229. The second-order valence-electron chi connectivity index (χ2n) is 3.90. The van der Waals surface area contributed by atoms with Gasteiger partial charge in [0, 0.05) is 6.42 Å². The summed E-state index contributed by atoms with van der Waals surface area (Å²) < 4.78 is 5.09. The molecule has 0 bridgehead atoms. The Morgan fingerprint density at radius 1 is 1.35 bits per heavy atom. The normalized spacial score (nSPS) is 11.3.